The minimum Gasteiger partial charge on any atom is -0.480 e. The molecule has 7 heteroatoms. The average Bonchev–Trinajstić information content (AvgIpc) is 2.69. The number of rotatable bonds is 10. The summed E-state index contributed by atoms with van der Waals surface area (Å²) in [6, 6.07) is 11.8. The molecule has 28 heavy (non-hydrogen) atoms. The highest BCUT2D eigenvalue weighted by Crippen LogP contribution is 2.36. The molecular formula is C21H20Cl2O5. The predicted molar refractivity (Wildman–Crippen MR) is 108 cm³/mol. The van der Waals surface area contributed by atoms with Gasteiger partial charge in [0.2, 0.25) is 0 Å². The van der Waals surface area contributed by atoms with Crippen molar-refractivity contribution in [1.82, 2.24) is 0 Å². The first kappa shape index (κ1) is 21.9. The molecule has 1 atom stereocenters. The Morgan fingerprint density at radius 2 is 1.71 bits per heavy atom. The summed E-state index contributed by atoms with van der Waals surface area (Å²) in [7, 11) is 0. The number of carbonyl (C=O) groups excluding carboxylic acids is 2. The Bertz CT molecular complexity index is 865. The lowest BCUT2D eigenvalue weighted by atomic mass is 9.89. The predicted octanol–water partition coefficient (Wildman–Crippen LogP) is 5.33. The van der Waals surface area contributed by atoms with Crippen molar-refractivity contribution >= 4 is 40.7 Å². The molecule has 0 saturated carbocycles. The summed E-state index contributed by atoms with van der Waals surface area (Å²) in [5.41, 5.74) is 0.846. The molecule has 0 aromatic heterocycles. The minimum atomic E-state index is -1.15. The molecule has 0 aliphatic rings. The molecule has 0 bridgehead atoms. The summed E-state index contributed by atoms with van der Waals surface area (Å²) in [6.07, 6.45) is 1.19. The van der Waals surface area contributed by atoms with E-state index < -0.39 is 12.6 Å². The second-order valence-electron chi connectivity index (χ2n) is 6.22. The lowest BCUT2D eigenvalue weighted by Gasteiger charge is -2.16. The van der Waals surface area contributed by atoms with Crippen molar-refractivity contribution in [2.24, 2.45) is 5.92 Å². The summed E-state index contributed by atoms with van der Waals surface area (Å²) in [5, 5.41) is 8.69. The SMILES string of the molecule is CCC(CCC(=O)c1ccccc1)C(=O)c1ccc(OCC(=O)O)c(Cl)c1Cl. The topological polar surface area (TPSA) is 80.7 Å². The molecule has 0 spiro atoms. The number of carboxylic acids is 1. The van der Waals surface area contributed by atoms with E-state index >= 15 is 0 Å². The molecule has 1 N–H and O–H groups in total. The Morgan fingerprint density at radius 3 is 2.32 bits per heavy atom. The Morgan fingerprint density at radius 1 is 1.04 bits per heavy atom. The maximum atomic E-state index is 12.9. The number of Topliss-reactive ketones (excluding diaryl/α,β-unsaturated/α-hetero) is 2. The van der Waals surface area contributed by atoms with Gasteiger partial charge in [-0.05, 0) is 25.0 Å². The largest absolute Gasteiger partial charge is 0.480 e. The third-order valence-corrected chi connectivity index (χ3v) is 5.21. The summed E-state index contributed by atoms with van der Waals surface area (Å²) in [6.45, 7) is 1.30. The van der Waals surface area contributed by atoms with E-state index in [2.05, 4.69) is 0 Å². The lowest BCUT2D eigenvalue weighted by Crippen LogP contribution is -2.17. The van der Waals surface area contributed by atoms with E-state index in [9.17, 15) is 14.4 Å². The normalized spacial score (nSPS) is 11.7. The second-order valence-corrected chi connectivity index (χ2v) is 6.97. The standard InChI is InChI=1S/C21H20Cl2O5/c1-2-13(8-10-16(24)14-6-4-3-5-7-14)21(27)15-9-11-17(20(23)19(15)22)28-12-18(25)26/h3-7,9,11,13H,2,8,10,12H2,1H3,(H,25,26). The van der Waals surface area contributed by atoms with Gasteiger partial charge in [0, 0.05) is 23.5 Å². The Labute approximate surface area is 173 Å². The molecule has 0 radical (unpaired) electrons. The van der Waals surface area contributed by atoms with Crippen LogP contribution in [0.2, 0.25) is 10.0 Å². The van der Waals surface area contributed by atoms with Crippen LogP contribution in [-0.4, -0.2) is 29.2 Å². The van der Waals surface area contributed by atoms with Crippen LogP contribution < -0.4 is 4.74 Å². The van der Waals surface area contributed by atoms with Crippen molar-refractivity contribution in [2.75, 3.05) is 6.61 Å². The molecule has 2 rings (SSSR count). The van der Waals surface area contributed by atoms with Crippen molar-refractivity contribution in [3.8, 4) is 5.75 Å². The summed E-state index contributed by atoms with van der Waals surface area (Å²) in [4.78, 5) is 35.8. The first-order chi connectivity index (χ1) is 13.3. The van der Waals surface area contributed by atoms with Crippen molar-refractivity contribution in [3.05, 3.63) is 63.6 Å². The molecule has 0 aliphatic heterocycles. The number of carbonyl (C=O) groups is 3. The van der Waals surface area contributed by atoms with Gasteiger partial charge in [0.15, 0.2) is 18.2 Å². The van der Waals surface area contributed by atoms with Gasteiger partial charge in [0.05, 0.1) is 5.02 Å². The van der Waals surface area contributed by atoms with Crippen LogP contribution in [0.5, 0.6) is 5.75 Å². The maximum absolute atomic E-state index is 12.9. The van der Waals surface area contributed by atoms with Gasteiger partial charge in [0.25, 0.3) is 0 Å². The molecule has 5 nitrogen and oxygen atoms in total. The maximum Gasteiger partial charge on any atom is 0.341 e. The zero-order valence-electron chi connectivity index (χ0n) is 15.3. The number of aliphatic carboxylic acids is 1. The van der Waals surface area contributed by atoms with Crippen molar-refractivity contribution in [3.63, 3.8) is 0 Å². The van der Waals surface area contributed by atoms with Gasteiger partial charge in [0.1, 0.15) is 10.8 Å². The first-order valence-electron chi connectivity index (χ1n) is 8.80. The van der Waals surface area contributed by atoms with Gasteiger partial charge >= 0.3 is 5.97 Å². The minimum absolute atomic E-state index is 0.0102. The Hall–Kier alpha value is -2.37. The van der Waals surface area contributed by atoms with Crippen LogP contribution in [0.15, 0.2) is 42.5 Å². The third kappa shape index (κ3) is 5.57. The van der Waals surface area contributed by atoms with Crippen molar-refractivity contribution < 1.29 is 24.2 Å². The van der Waals surface area contributed by atoms with E-state index in [-0.39, 0.29) is 45.3 Å². The van der Waals surface area contributed by atoms with Crippen LogP contribution in [0, 0.1) is 5.92 Å². The number of carboxylic acid groups (broad SMARTS) is 1. The zero-order valence-corrected chi connectivity index (χ0v) is 16.8. The molecule has 0 amide bonds. The van der Waals surface area contributed by atoms with Gasteiger partial charge in [-0.25, -0.2) is 4.79 Å². The monoisotopic (exact) mass is 422 g/mol. The fraction of sp³-hybridized carbons (Fsp3) is 0.286. The van der Waals surface area contributed by atoms with Gasteiger partial charge < -0.3 is 9.84 Å². The summed E-state index contributed by atoms with van der Waals surface area (Å²) in [5.74, 6) is -1.67. The van der Waals surface area contributed by atoms with Gasteiger partial charge in [-0.3, -0.25) is 9.59 Å². The smallest absolute Gasteiger partial charge is 0.341 e. The number of hydrogen-bond acceptors (Lipinski definition) is 4. The van der Waals surface area contributed by atoms with Crippen LogP contribution >= 0.6 is 23.2 Å². The molecular weight excluding hydrogens is 403 g/mol. The van der Waals surface area contributed by atoms with E-state index in [1.54, 1.807) is 24.3 Å². The highest BCUT2D eigenvalue weighted by Gasteiger charge is 2.24. The van der Waals surface area contributed by atoms with E-state index in [1.165, 1.54) is 12.1 Å². The van der Waals surface area contributed by atoms with E-state index in [1.807, 2.05) is 13.0 Å². The van der Waals surface area contributed by atoms with Crippen LogP contribution in [0.1, 0.15) is 46.9 Å². The first-order valence-corrected chi connectivity index (χ1v) is 9.55. The van der Waals surface area contributed by atoms with E-state index in [0.29, 0.717) is 18.4 Å². The van der Waals surface area contributed by atoms with Crippen molar-refractivity contribution in [1.29, 1.82) is 0 Å². The quantitative estimate of drug-likeness (QED) is 0.523. The van der Waals surface area contributed by atoms with Crippen LogP contribution in [-0.2, 0) is 4.79 Å². The number of benzene rings is 2. The van der Waals surface area contributed by atoms with Crippen LogP contribution in [0.3, 0.4) is 0 Å². The molecule has 148 valence electrons. The molecule has 2 aromatic rings. The zero-order chi connectivity index (χ0) is 20.7. The number of ketones is 2. The number of halogens is 2. The summed E-state index contributed by atoms with van der Waals surface area (Å²) >= 11 is 12.3. The molecule has 0 heterocycles. The van der Waals surface area contributed by atoms with Gasteiger partial charge in [-0.15, -0.1) is 0 Å². The molecule has 0 fully saturated rings. The number of hydrogen-bond donors (Lipinski definition) is 1. The Kier molecular flexibility index (Phi) is 8.03. The van der Waals surface area contributed by atoms with Gasteiger partial charge in [-0.1, -0.05) is 60.5 Å². The van der Waals surface area contributed by atoms with E-state index in [4.69, 9.17) is 33.0 Å². The average molecular weight is 423 g/mol. The third-order valence-electron chi connectivity index (χ3n) is 4.34. The number of ether oxygens (including phenoxy) is 1. The Balaban J connectivity index is 2.10. The fourth-order valence-electron chi connectivity index (χ4n) is 2.79. The lowest BCUT2D eigenvalue weighted by molar-refractivity contribution is -0.139. The van der Waals surface area contributed by atoms with Crippen molar-refractivity contribution in [2.45, 2.75) is 26.2 Å². The molecule has 2 aromatic carbocycles. The highest BCUT2D eigenvalue weighted by molar-refractivity contribution is 6.44. The second kappa shape index (κ2) is 10.2. The molecule has 1 unspecified atom stereocenters. The molecule has 0 aliphatic carbocycles. The van der Waals surface area contributed by atoms with Crippen LogP contribution in [0.25, 0.3) is 0 Å². The molecule has 0 saturated heterocycles. The fourth-order valence-corrected chi connectivity index (χ4v) is 3.26. The van der Waals surface area contributed by atoms with Crippen LogP contribution in [0.4, 0.5) is 0 Å². The summed E-state index contributed by atoms with van der Waals surface area (Å²) < 4.78 is 5.06. The van der Waals surface area contributed by atoms with E-state index in [0.717, 1.165) is 0 Å². The van der Waals surface area contributed by atoms with Gasteiger partial charge in [-0.2, -0.15) is 0 Å². The highest BCUT2D eigenvalue weighted by atomic mass is 35.5.